The third kappa shape index (κ3) is 2.64. The molecule has 0 saturated heterocycles. The zero-order valence-corrected chi connectivity index (χ0v) is 12.3. The van der Waals surface area contributed by atoms with Crippen LogP contribution in [0.4, 0.5) is 9.59 Å². The molecule has 0 atom stereocenters. The standard InChI is InChI=1S/C16H14N2O5/c1-21-16(20)23-18(15(17)19)14-10-6-2-4-8-12(10)22-13-9-5-3-7-11(13)14/h2-9,14H,1H3,(H2,17,19). The van der Waals surface area contributed by atoms with Crippen LogP contribution in [-0.2, 0) is 9.57 Å². The highest BCUT2D eigenvalue weighted by molar-refractivity contribution is 5.75. The van der Waals surface area contributed by atoms with Crippen molar-refractivity contribution in [1.29, 1.82) is 0 Å². The smallest absolute Gasteiger partial charge is 0.457 e. The normalized spacial score (nSPS) is 12.4. The fraction of sp³-hybridized carbons (Fsp3) is 0.125. The van der Waals surface area contributed by atoms with E-state index >= 15 is 0 Å². The van der Waals surface area contributed by atoms with Crippen LogP contribution in [0.15, 0.2) is 48.5 Å². The number of urea groups is 1. The van der Waals surface area contributed by atoms with Crippen molar-refractivity contribution in [2.45, 2.75) is 6.04 Å². The number of para-hydroxylation sites is 2. The SMILES string of the molecule is COC(=O)ON(C(N)=O)C1c2ccccc2Oc2ccccc21. The lowest BCUT2D eigenvalue weighted by Gasteiger charge is -2.33. The molecule has 3 rings (SSSR count). The third-order valence-corrected chi connectivity index (χ3v) is 3.44. The molecule has 0 unspecified atom stereocenters. The van der Waals surface area contributed by atoms with E-state index in [0.29, 0.717) is 22.6 Å². The number of benzene rings is 2. The summed E-state index contributed by atoms with van der Waals surface area (Å²) in [6.45, 7) is 0. The van der Waals surface area contributed by atoms with E-state index in [1.807, 2.05) is 0 Å². The number of nitrogens with two attached hydrogens (primary N) is 1. The van der Waals surface area contributed by atoms with Gasteiger partial charge in [0.25, 0.3) is 0 Å². The van der Waals surface area contributed by atoms with E-state index in [0.717, 1.165) is 12.2 Å². The minimum absolute atomic E-state index is 0.552. The molecular weight excluding hydrogens is 300 g/mol. The lowest BCUT2D eigenvalue weighted by Crippen LogP contribution is -2.41. The van der Waals surface area contributed by atoms with E-state index in [2.05, 4.69) is 4.74 Å². The Morgan fingerprint density at radius 1 is 1.04 bits per heavy atom. The highest BCUT2D eigenvalue weighted by Gasteiger charge is 2.36. The maximum atomic E-state index is 11.8. The van der Waals surface area contributed by atoms with Crippen LogP contribution in [0.3, 0.4) is 0 Å². The van der Waals surface area contributed by atoms with Gasteiger partial charge in [-0.25, -0.2) is 9.59 Å². The number of fused-ring (bicyclic) bond motifs is 2. The van der Waals surface area contributed by atoms with Crippen LogP contribution in [0.2, 0.25) is 0 Å². The van der Waals surface area contributed by atoms with E-state index < -0.39 is 18.2 Å². The summed E-state index contributed by atoms with van der Waals surface area (Å²) in [5.41, 5.74) is 6.69. The first-order valence-corrected chi connectivity index (χ1v) is 6.82. The zero-order chi connectivity index (χ0) is 16.4. The van der Waals surface area contributed by atoms with Gasteiger partial charge in [-0.1, -0.05) is 36.4 Å². The van der Waals surface area contributed by atoms with Gasteiger partial charge in [0.2, 0.25) is 0 Å². The number of methoxy groups -OCH3 is 1. The number of nitrogens with zero attached hydrogens (tertiary/aromatic N) is 1. The van der Waals surface area contributed by atoms with Crippen LogP contribution in [0.5, 0.6) is 11.5 Å². The van der Waals surface area contributed by atoms with Gasteiger partial charge < -0.3 is 20.0 Å². The molecule has 118 valence electrons. The summed E-state index contributed by atoms with van der Waals surface area (Å²) in [6.07, 6.45) is -1.04. The summed E-state index contributed by atoms with van der Waals surface area (Å²) in [4.78, 5) is 28.3. The molecule has 0 radical (unpaired) electrons. The first-order chi connectivity index (χ1) is 11.1. The van der Waals surface area contributed by atoms with Crippen molar-refractivity contribution in [3.8, 4) is 11.5 Å². The fourth-order valence-electron chi connectivity index (χ4n) is 2.48. The highest BCUT2D eigenvalue weighted by atomic mass is 16.8. The Balaban J connectivity index is 2.12. The third-order valence-electron chi connectivity index (χ3n) is 3.44. The minimum Gasteiger partial charge on any atom is -0.457 e. The van der Waals surface area contributed by atoms with Crippen molar-refractivity contribution >= 4 is 12.2 Å². The molecule has 1 aliphatic rings. The van der Waals surface area contributed by atoms with Gasteiger partial charge in [0.1, 0.15) is 17.5 Å². The molecule has 0 aromatic heterocycles. The lowest BCUT2D eigenvalue weighted by atomic mass is 9.94. The van der Waals surface area contributed by atoms with Crippen molar-refractivity contribution in [3.63, 3.8) is 0 Å². The minimum atomic E-state index is -1.04. The summed E-state index contributed by atoms with van der Waals surface area (Å²) in [5, 5.41) is 0.784. The molecule has 0 spiro atoms. The van der Waals surface area contributed by atoms with Crippen LogP contribution < -0.4 is 10.5 Å². The second-order valence-electron chi connectivity index (χ2n) is 4.79. The molecule has 0 fully saturated rings. The quantitative estimate of drug-likeness (QED) is 0.645. The number of carbonyl (C=O) groups is 2. The summed E-state index contributed by atoms with van der Waals surface area (Å²) in [6, 6.07) is 12.6. The molecule has 2 amide bonds. The van der Waals surface area contributed by atoms with Gasteiger partial charge in [0.15, 0.2) is 0 Å². The second kappa shape index (κ2) is 5.88. The summed E-state index contributed by atoms with van der Waals surface area (Å²) < 4.78 is 10.3. The van der Waals surface area contributed by atoms with Crippen LogP contribution in [-0.4, -0.2) is 24.4 Å². The van der Waals surface area contributed by atoms with Crippen molar-refractivity contribution in [1.82, 2.24) is 5.06 Å². The predicted molar refractivity (Wildman–Crippen MR) is 79.7 cm³/mol. The average Bonchev–Trinajstić information content (AvgIpc) is 2.57. The first-order valence-electron chi connectivity index (χ1n) is 6.82. The van der Waals surface area contributed by atoms with E-state index in [4.69, 9.17) is 15.3 Å². The topological polar surface area (TPSA) is 91.1 Å². The Labute approximate surface area is 132 Å². The van der Waals surface area contributed by atoms with Gasteiger partial charge >= 0.3 is 12.2 Å². The molecule has 0 bridgehead atoms. The molecule has 1 aliphatic heterocycles. The van der Waals surface area contributed by atoms with Crippen LogP contribution in [0, 0.1) is 0 Å². The van der Waals surface area contributed by atoms with Gasteiger partial charge in [-0.05, 0) is 12.1 Å². The number of hydrogen-bond acceptors (Lipinski definition) is 5. The molecular formula is C16H14N2O5. The molecule has 2 aromatic carbocycles. The number of ether oxygens (including phenoxy) is 2. The maximum Gasteiger partial charge on any atom is 0.533 e. The molecule has 7 heteroatoms. The fourth-order valence-corrected chi connectivity index (χ4v) is 2.48. The van der Waals surface area contributed by atoms with Crippen LogP contribution in [0.1, 0.15) is 17.2 Å². The zero-order valence-electron chi connectivity index (χ0n) is 12.3. The summed E-state index contributed by atoms with van der Waals surface area (Å²) >= 11 is 0. The molecule has 2 N–H and O–H groups in total. The largest absolute Gasteiger partial charge is 0.533 e. The number of hydroxylamine groups is 2. The van der Waals surface area contributed by atoms with Crippen LogP contribution in [0.25, 0.3) is 0 Å². The summed E-state index contributed by atoms with van der Waals surface area (Å²) in [7, 11) is 1.15. The van der Waals surface area contributed by atoms with Gasteiger partial charge in [-0.15, -0.1) is 5.06 Å². The molecule has 0 aliphatic carbocycles. The average molecular weight is 314 g/mol. The molecule has 1 heterocycles. The van der Waals surface area contributed by atoms with Crippen molar-refractivity contribution in [2.75, 3.05) is 7.11 Å². The maximum absolute atomic E-state index is 11.8. The first kappa shape index (κ1) is 14.7. The number of hydrogen-bond donors (Lipinski definition) is 1. The highest BCUT2D eigenvalue weighted by Crippen LogP contribution is 2.45. The van der Waals surface area contributed by atoms with Gasteiger partial charge in [-0.3, -0.25) is 0 Å². The van der Waals surface area contributed by atoms with E-state index in [1.165, 1.54) is 0 Å². The summed E-state index contributed by atoms with van der Waals surface area (Å²) in [5.74, 6) is 1.10. The predicted octanol–water partition coefficient (Wildman–Crippen LogP) is 2.96. The second-order valence-corrected chi connectivity index (χ2v) is 4.79. The van der Waals surface area contributed by atoms with Crippen molar-refractivity contribution in [3.05, 3.63) is 59.7 Å². The monoisotopic (exact) mass is 314 g/mol. The van der Waals surface area contributed by atoms with Crippen molar-refractivity contribution < 1.29 is 23.9 Å². The van der Waals surface area contributed by atoms with Crippen LogP contribution >= 0.6 is 0 Å². The number of primary amides is 1. The Morgan fingerprint density at radius 2 is 1.57 bits per heavy atom. The molecule has 23 heavy (non-hydrogen) atoms. The van der Waals surface area contributed by atoms with E-state index in [1.54, 1.807) is 48.5 Å². The number of carbonyl (C=O) groups excluding carboxylic acids is 2. The van der Waals surface area contributed by atoms with Gasteiger partial charge in [-0.2, -0.15) is 0 Å². The van der Waals surface area contributed by atoms with E-state index in [9.17, 15) is 9.59 Å². The van der Waals surface area contributed by atoms with E-state index in [-0.39, 0.29) is 0 Å². The Hall–Kier alpha value is -3.22. The Kier molecular flexibility index (Phi) is 3.76. The van der Waals surface area contributed by atoms with Crippen molar-refractivity contribution in [2.24, 2.45) is 5.73 Å². The molecule has 7 nitrogen and oxygen atoms in total. The molecule has 0 saturated carbocycles. The molecule has 2 aromatic rings. The Morgan fingerprint density at radius 3 is 2.04 bits per heavy atom. The number of rotatable bonds is 1. The van der Waals surface area contributed by atoms with Gasteiger partial charge in [0, 0.05) is 11.1 Å². The van der Waals surface area contributed by atoms with Gasteiger partial charge in [0.05, 0.1) is 7.11 Å². The lowest BCUT2D eigenvalue weighted by molar-refractivity contribution is -0.104. The Bertz CT molecular complexity index is 716. The number of amides is 2.